The second kappa shape index (κ2) is 13.5. The summed E-state index contributed by atoms with van der Waals surface area (Å²) in [5, 5.41) is 15.9. The van der Waals surface area contributed by atoms with Crippen LogP contribution in [0.4, 0.5) is 5.69 Å². The summed E-state index contributed by atoms with van der Waals surface area (Å²) >= 11 is 1.83. The molecular weight excluding hydrogens is 459 g/mol. The average Bonchev–Trinajstić information content (AvgIpc) is 2.67. The molecule has 3 N–H and O–H groups in total. The first kappa shape index (κ1) is 23.4. The molecule has 26 heavy (non-hydrogen) atoms. The van der Waals surface area contributed by atoms with Gasteiger partial charge in [0.25, 0.3) is 0 Å². The predicted molar refractivity (Wildman–Crippen MR) is 125 cm³/mol. The van der Waals surface area contributed by atoms with E-state index in [2.05, 4.69) is 58.0 Å². The topological polar surface area (TPSA) is 59.9 Å². The second-order valence-corrected chi connectivity index (χ2v) is 7.38. The van der Waals surface area contributed by atoms with Crippen LogP contribution in [0.3, 0.4) is 0 Å². The molecule has 1 aromatic carbocycles. The minimum Gasteiger partial charge on any atom is -0.396 e. The maximum Gasteiger partial charge on any atom is 0.191 e. The van der Waals surface area contributed by atoms with Gasteiger partial charge in [0.05, 0.1) is 6.54 Å². The number of nitrogens with zero attached hydrogens (tertiary/aromatic N) is 2. The number of hydrogen-bond acceptors (Lipinski definition) is 4. The lowest BCUT2D eigenvalue weighted by Gasteiger charge is -2.32. The van der Waals surface area contributed by atoms with Gasteiger partial charge in [-0.15, -0.1) is 24.0 Å². The number of benzene rings is 1. The normalized spacial score (nSPS) is 15.5. The molecule has 2 rings (SSSR count). The number of nitrogens with one attached hydrogen (secondary N) is 2. The first-order valence-corrected chi connectivity index (χ1v) is 10.6. The number of rotatable bonds is 8. The number of aliphatic hydroxyl groups excluding tert-OH is 1. The van der Waals surface area contributed by atoms with Gasteiger partial charge in [-0.3, -0.25) is 0 Å². The highest BCUT2D eigenvalue weighted by molar-refractivity contribution is 14.0. The van der Waals surface area contributed by atoms with E-state index in [0.717, 1.165) is 50.7 Å². The molecule has 0 radical (unpaired) electrons. The van der Waals surface area contributed by atoms with Crippen LogP contribution in [0.2, 0.25) is 0 Å². The van der Waals surface area contributed by atoms with E-state index in [9.17, 15) is 5.11 Å². The highest BCUT2D eigenvalue weighted by Crippen LogP contribution is 2.23. The van der Waals surface area contributed by atoms with E-state index in [-0.39, 0.29) is 24.0 Å². The van der Waals surface area contributed by atoms with Crippen molar-refractivity contribution in [2.24, 2.45) is 10.9 Å². The molecule has 0 saturated carbocycles. The van der Waals surface area contributed by atoms with E-state index < -0.39 is 0 Å². The lowest BCUT2D eigenvalue weighted by atomic mass is 9.97. The van der Waals surface area contributed by atoms with Crippen LogP contribution in [0, 0.1) is 5.92 Å². The summed E-state index contributed by atoms with van der Waals surface area (Å²) < 4.78 is 0. The molecule has 7 heteroatoms. The Balaban J connectivity index is 0.00000338. The molecule has 1 heterocycles. The monoisotopic (exact) mass is 492 g/mol. The lowest BCUT2D eigenvalue weighted by Crippen LogP contribution is -2.38. The van der Waals surface area contributed by atoms with Gasteiger partial charge in [0, 0.05) is 44.2 Å². The Morgan fingerprint density at radius 1 is 1.23 bits per heavy atom. The molecule has 0 spiro atoms. The molecule has 1 aliphatic rings. The van der Waals surface area contributed by atoms with E-state index >= 15 is 0 Å². The molecule has 1 aliphatic heterocycles. The Hall–Kier alpha value is -0.670. The van der Waals surface area contributed by atoms with Crippen LogP contribution in [-0.4, -0.2) is 55.9 Å². The zero-order valence-electron chi connectivity index (χ0n) is 15.9. The van der Waals surface area contributed by atoms with Crippen molar-refractivity contribution in [1.29, 1.82) is 0 Å². The fraction of sp³-hybridized carbons (Fsp3) is 0.632. The van der Waals surface area contributed by atoms with Crippen molar-refractivity contribution < 1.29 is 5.11 Å². The molecule has 1 fully saturated rings. The van der Waals surface area contributed by atoms with E-state index in [0.29, 0.717) is 19.1 Å². The minimum atomic E-state index is 0. The Labute approximate surface area is 179 Å². The molecule has 0 amide bonds. The molecule has 1 saturated heterocycles. The van der Waals surface area contributed by atoms with Gasteiger partial charge in [-0.25, -0.2) is 4.99 Å². The first-order valence-electron chi connectivity index (χ1n) is 9.22. The zero-order chi connectivity index (χ0) is 17.9. The minimum absolute atomic E-state index is 0. The fourth-order valence-electron chi connectivity index (χ4n) is 2.97. The lowest BCUT2D eigenvalue weighted by molar-refractivity contribution is 0.203. The molecule has 148 valence electrons. The number of piperidine rings is 1. The number of guanidine groups is 1. The fourth-order valence-corrected chi connectivity index (χ4v) is 3.28. The van der Waals surface area contributed by atoms with Crippen LogP contribution < -0.4 is 15.5 Å². The third-order valence-corrected chi connectivity index (χ3v) is 5.15. The van der Waals surface area contributed by atoms with Crippen molar-refractivity contribution in [2.75, 3.05) is 49.7 Å². The van der Waals surface area contributed by atoms with Crippen LogP contribution in [-0.2, 0) is 6.54 Å². The van der Waals surface area contributed by atoms with Crippen molar-refractivity contribution in [1.82, 2.24) is 10.6 Å². The highest BCUT2D eigenvalue weighted by atomic mass is 127. The van der Waals surface area contributed by atoms with Crippen molar-refractivity contribution in [2.45, 2.75) is 26.3 Å². The van der Waals surface area contributed by atoms with Gasteiger partial charge in [0.2, 0.25) is 0 Å². The predicted octanol–water partition coefficient (Wildman–Crippen LogP) is 2.93. The number of hydrogen-bond donors (Lipinski definition) is 3. The summed E-state index contributed by atoms with van der Waals surface area (Å²) in [4.78, 5) is 7.07. The highest BCUT2D eigenvalue weighted by Gasteiger charge is 2.18. The van der Waals surface area contributed by atoms with Crippen molar-refractivity contribution in [3.05, 3.63) is 29.8 Å². The van der Waals surface area contributed by atoms with Crippen LogP contribution in [0.25, 0.3) is 0 Å². The standard InChI is InChI=1S/C19H32N4OS.HI/c1-3-20-19(21-10-13-25-2)22-14-16-4-6-18(7-5-16)23-11-8-17(15-24)9-12-23;/h4-7,17,24H,3,8-15H2,1-2H3,(H2,20,21,22);1H. The summed E-state index contributed by atoms with van der Waals surface area (Å²) in [7, 11) is 0. The van der Waals surface area contributed by atoms with Crippen LogP contribution in [0.1, 0.15) is 25.3 Å². The summed E-state index contributed by atoms with van der Waals surface area (Å²) in [6, 6.07) is 8.72. The van der Waals surface area contributed by atoms with E-state index in [1.807, 2.05) is 11.8 Å². The summed E-state index contributed by atoms with van der Waals surface area (Å²) in [6.45, 7) is 6.95. The Morgan fingerprint density at radius 2 is 1.92 bits per heavy atom. The van der Waals surface area contributed by atoms with E-state index in [4.69, 9.17) is 0 Å². The SMILES string of the molecule is CCNC(=NCc1ccc(N2CCC(CO)CC2)cc1)NCCSC.I. The number of thioether (sulfide) groups is 1. The van der Waals surface area contributed by atoms with Gasteiger partial charge in [-0.2, -0.15) is 11.8 Å². The van der Waals surface area contributed by atoms with Gasteiger partial charge in [-0.05, 0) is 49.6 Å². The van der Waals surface area contributed by atoms with Gasteiger partial charge in [-0.1, -0.05) is 12.1 Å². The molecule has 0 atom stereocenters. The number of halogens is 1. The largest absolute Gasteiger partial charge is 0.396 e. The van der Waals surface area contributed by atoms with Crippen LogP contribution in [0.15, 0.2) is 29.3 Å². The summed E-state index contributed by atoms with van der Waals surface area (Å²) in [6.07, 6.45) is 4.27. The molecular formula is C19H33IN4OS. The third-order valence-electron chi connectivity index (χ3n) is 4.54. The van der Waals surface area contributed by atoms with Gasteiger partial charge >= 0.3 is 0 Å². The van der Waals surface area contributed by atoms with Gasteiger partial charge in [0.15, 0.2) is 5.96 Å². The van der Waals surface area contributed by atoms with E-state index in [1.54, 1.807) is 0 Å². The molecule has 0 aliphatic carbocycles. The molecule has 0 unspecified atom stereocenters. The van der Waals surface area contributed by atoms with Crippen molar-refractivity contribution >= 4 is 47.4 Å². The van der Waals surface area contributed by atoms with E-state index in [1.165, 1.54) is 11.3 Å². The number of aliphatic hydroxyl groups is 1. The molecule has 0 bridgehead atoms. The molecule has 1 aromatic rings. The zero-order valence-corrected chi connectivity index (χ0v) is 19.1. The summed E-state index contributed by atoms with van der Waals surface area (Å²) in [5.74, 6) is 2.44. The second-order valence-electron chi connectivity index (χ2n) is 6.39. The average molecular weight is 492 g/mol. The maximum absolute atomic E-state index is 9.25. The van der Waals surface area contributed by atoms with Gasteiger partial charge in [0.1, 0.15) is 0 Å². The Kier molecular flexibility index (Phi) is 12.1. The van der Waals surface area contributed by atoms with Crippen molar-refractivity contribution in [3.63, 3.8) is 0 Å². The number of anilines is 1. The summed E-state index contributed by atoms with van der Waals surface area (Å²) in [5.41, 5.74) is 2.49. The van der Waals surface area contributed by atoms with Crippen LogP contribution in [0.5, 0.6) is 0 Å². The maximum atomic E-state index is 9.25. The Morgan fingerprint density at radius 3 is 2.50 bits per heavy atom. The number of aliphatic imine (C=N–C) groups is 1. The molecule has 5 nitrogen and oxygen atoms in total. The van der Waals surface area contributed by atoms with Crippen LogP contribution >= 0.6 is 35.7 Å². The molecule has 0 aromatic heterocycles. The van der Waals surface area contributed by atoms with Crippen molar-refractivity contribution in [3.8, 4) is 0 Å². The third kappa shape index (κ3) is 7.92. The van der Waals surface area contributed by atoms with Gasteiger partial charge < -0.3 is 20.6 Å². The quantitative estimate of drug-likeness (QED) is 0.226. The first-order chi connectivity index (χ1) is 12.3. The smallest absolute Gasteiger partial charge is 0.191 e. The Bertz CT molecular complexity index is 519.